The van der Waals surface area contributed by atoms with E-state index in [9.17, 15) is 4.79 Å². The molecule has 1 fully saturated rings. The molecule has 124 valence electrons. The molecule has 2 aromatic heterocycles. The summed E-state index contributed by atoms with van der Waals surface area (Å²) in [6.45, 7) is 0. The highest BCUT2D eigenvalue weighted by Crippen LogP contribution is 2.30. The molecule has 4 nitrogen and oxygen atoms in total. The van der Waals surface area contributed by atoms with Crippen LogP contribution in [0.1, 0.15) is 38.5 Å². The van der Waals surface area contributed by atoms with E-state index in [1.54, 1.807) is 11.3 Å². The van der Waals surface area contributed by atoms with Crippen LogP contribution < -0.4 is 5.32 Å². The molecular formula is C19H21N3OS. The molecule has 0 atom stereocenters. The largest absolute Gasteiger partial charge is 0.309 e. The zero-order valence-corrected chi connectivity index (χ0v) is 14.4. The van der Waals surface area contributed by atoms with Crippen LogP contribution in [0.3, 0.4) is 0 Å². The Kier molecular flexibility index (Phi) is 4.34. The van der Waals surface area contributed by atoms with Gasteiger partial charge in [-0.05, 0) is 41.5 Å². The number of nitrogens with zero attached hydrogens (tertiary/aromatic N) is 1. The summed E-state index contributed by atoms with van der Waals surface area (Å²) in [5.74, 6) is 1.44. The quantitative estimate of drug-likeness (QED) is 0.671. The number of hydrogen-bond acceptors (Lipinski definition) is 3. The van der Waals surface area contributed by atoms with Gasteiger partial charge in [-0.2, -0.15) is 5.10 Å². The van der Waals surface area contributed by atoms with Crippen LogP contribution in [-0.4, -0.2) is 16.1 Å². The third-order valence-electron chi connectivity index (χ3n) is 4.88. The molecule has 1 aliphatic rings. The molecule has 1 amide bonds. The first-order chi connectivity index (χ1) is 11.8. The van der Waals surface area contributed by atoms with Crippen molar-refractivity contribution in [2.75, 3.05) is 5.32 Å². The minimum absolute atomic E-state index is 0.0673. The first kappa shape index (κ1) is 15.4. The molecule has 3 aromatic rings. The lowest BCUT2D eigenvalue weighted by Crippen LogP contribution is -2.13. The maximum atomic E-state index is 12.2. The molecule has 2 N–H and O–H groups in total. The lowest BCUT2D eigenvalue weighted by atomic mass is 10.0. The van der Waals surface area contributed by atoms with E-state index in [0.29, 0.717) is 12.2 Å². The Bertz CT molecular complexity index is 832. The Morgan fingerprint density at radius 1 is 1.29 bits per heavy atom. The van der Waals surface area contributed by atoms with Gasteiger partial charge < -0.3 is 5.32 Å². The molecule has 0 spiro atoms. The molecule has 1 aromatic carbocycles. The Labute approximate surface area is 145 Å². The summed E-state index contributed by atoms with van der Waals surface area (Å²) < 4.78 is 0. The lowest BCUT2D eigenvalue weighted by Gasteiger charge is -2.08. The van der Waals surface area contributed by atoms with Gasteiger partial charge in [-0.3, -0.25) is 9.89 Å². The molecule has 5 heteroatoms. The number of fused-ring (bicyclic) bond motifs is 1. The van der Waals surface area contributed by atoms with Gasteiger partial charge >= 0.3 is 0 Å². The summed E-state index contributed by atoms with van der Waals surface area (Å²) >= 11 is 1.72. The van der Waals surface area contributed by atoms with Gasteiger partial charge in [0.05, 0.1) is 5.52 Å². The minimum atomic E-state index is 0.0673. The van der Waals surface area contributed by atoms with E-state index in [1.807, 2.05) is 12.1 Å². The van der Waals surface area contributed by atoms with Gasteiger partial charge in [-0.15, -0.1) is 11.3 Å². The van der Waals surface area contributed by atoms with Crippen molar-refractivity contribution >= 4 is 34.0 Å². The van der Waals surface area contributed by atoms with Crippen LogP contribution in [0, 0.1) is 5.92 Å². The zero-order valence-electron chi connectivity index (χ0n) is 13.5. The predicted molar refractivity (Wildman–Crippen MR) is 99.2 cm³/mol. The zero-order chi connectivity index (χ0) is 16.4. The van der Waals surface area contributed by atoms with Crippen molar-refractivity contribution < 1.29 is 4.79 Å². The van der Waals surface area contributed by atoms with Gasteiger partial charge in [0.2, 0.25) is 5.91 Å². The van der Waals surface area contributed by atoms with Crippen LogP contribution in [0.4, 0.5) is 5.82 Å². The molecule has 0 bridgehead atoms. The molecule has 1 saturated carbocycles. The highest BCUT2D eigenvalue weighted by molar-refractivity contribution is 7.13. The average Bonchev–Trinajstić information content (AvgIpc) is 3.35. The van der Waals surface area contributed by atoms with Crippen LogP contribution in [0.5, 0.6) is 0 Å². The maximum absolute atomic E-state index is 12.2. The van der Waals surface area contributed by atoms with E-state index in [0.717, 1.165) is 23.2 Å². The van der Waals surface area contributed by atoms with E-state index >= 15 is 0 Å². The van der Waals surface area contributed by atoms with Gasteiger partial charge in [0.15, 0.2) is 5.82 Å². The Morgan fingerprint density at radius 3 is 2.96 bits per heavy atom. The Morgan fingerprint density at radius 2 is 2.17 bits per heavy atom. The van der Waals surface area contributed by atoms with Crippen molar-refractivity contribution in [2.45, 2.75) is 38.5 Å². The average molecular weight is 339 g/mol. The Hall–Kier alpha value is -2.14. The fraction of sp³-hybridized carbons (Fsp3) is 0.368. The number of hydrogen-bond donors (Lipinski definition) is 2. The normalized spacial score (nSPS) is 15.2. The number of aromatic nitrogens is 2. The third-order valence-corrected chi connectivity index (χ3v) is 5.80. The molecule has 0 radical (unpaired) electrons. The number of H-pyrrole nitrogens is 1. The third kappa shape index (κ3) is 3.22. The number of amides is 1. The van der Waals surface area contributed by atoms with E-state index in [-0.39, 0.29) is 5.91 Å². The van der Waals surface area contributed by atoms with Gasteiger partial charge in [0.25, 0.3) is 0 Å². The standard InChI is InChI=1S/C19H21N3OS/c23-18(10-7-13-4-1-2-5-13)20-19-15-9-8-14(12-16(15)21-22-19)17-6-3-11-24-17/h3,6,8-9,11-13H,1-2,4-5,7,10H2,(H2,20,21,22,23). The molecule has 4 rings (SSSR count). The van der Waals surface area contributed by atoms with Crippen LogP contribution in [0.25, 0.3) is 21.3 Å². The van der Waals surface area contributed by atoms with E-state index in [1.165, 1.54) is 36.1 Å². The number of rotatable bonds is 5. The molecule has 1 aliphatic carbocycles. The fourth-order valence-electron chi connectivity index (χ4n) is 3.54. The summed E-state index contributed by atoms with van der Waals surface area (Å²) in [5, 5.41) is 13.3. The second kappa shape index (κ2) is 6.77. The van der Waals surface area contributed by atoms with Gasteiger partial charge in [-0.25, -0.2) is 0 Å². The second-order valence-electron chi connectivity index (χ2n) is 6.55. The number of nitrogens with one attached hydrogen (secondary N) is 2. The number of thiophene rings is 1. The number of aromatic amines is 1. The van der Waals surface area contributed by atoms with Gasteiger partial charge in [0.1, 0.15) is 0 Å². The van der Waals surface area contributed by atoms with E-state index in [4.69, 9.17) is 0 Å². The highest BCUT2D eigenvalue weighted by atomic mass is 32.1. The fourth-order valence-corrected chi connectivity index (χ4v) is 4.26. The molecular weight excluding hydrogens is 318 g/mol. The van der Waals surface area contributed by atoms with Crippen LogP contribution in [-0.2, 0) is 4.79 Å². The minimum Gasteiger partial charge on any atom is -0.309 e. The second-order valence-corrected chi connectivity index (χ2v) is 7.49. The molecule has 2 heterocycles. The summed E-state index contributed by atoms with van der Waals surface area (Å²) in [7, 11) is 0. The van der Waals surface area contributed by atoms with E-state index in [2.05, 4.69) is 39.1 Å². The van der Waals surface area contributed by atoms with Crippen molar-refractivity contribution in [1.29, 1.82) is 0 Å². The number of anilines is 1. The predicted octanol–water partition coefficient (Wildman–Crippen LogP) is 5.20. The van der Waals surface area contributed by atoms with Crippen molar-refractivity contribution in [1.82, 2.24) is 10.2 Å². The molecule has 0 aliphatic heterocycles. The highest BCUT2D eigenvalue weighted by Gasteiger charge is 2.17. The SMILES string of the molecule is O=C(CCC1CCCC1)Nc1n[nH]c2cc(-c3cccs3)ccc12. The van der Waals surface area contributed by atoms with Crippen LogP contribution >= 0.6 is 11.3 Å². The topological polar surface area (TPSA) is 57.8 Å². The van der Waals surface area contributed by atoms with E-state index < -0.39 is 0 Å². The monoisotopic (exact) mass is 339 g/mol. The smallest absolute Gasteiger partial charge is 0.225 e. The summed E-state index contributed by atoms with van der Waals surface area (Å²) in [6, 6.07) is 10.3. The maximum Gasteiger partial charge on any atom is 0.225 e. The molecule has 0 unspecified atom stereocenters. The number of carbonyl (C=O) groups is 1. The van der Waals surface area contributed by atoms with Crippen molar-refractivity contribution in [3.8, 4) is 10.4 Å². The van der Waals surface area contributed by atoms with Gasteiger partial charge in [0, 0.05) is 16.7 Å². The molecule has 24 heavy (non-hydrogen) atoms. The summed E-state index contributed by atoms with van der Waals surface area (Å²) in [5.41, 5.74) is 2.12. The molecule has 0 saturated heterocycles. The summed E-state index contributed by atoms with van der Waals surface area (Å²) in [6.07, 6.45) is 6.79. The van der Waals surface area contributed by atoms with Crippen molar-refractivity contribution in [2.24, 2.45) is 5.92 Å². The van der Waals surface area contributed by atoms with Gasteiger partial charge in [-0.1, -0.05) is 37.8 Å². The van der Waals surface area contributed by atoms with Crippen LogP contribution in [0.2, 0.25) is 0 Å². The van der Waals surface area contributed by atoms with Crippen molar-refractivity contribution in [3.05, 3.63) is 35.7 Å². The first-order valence-corrected chi connectivity index (χ1v) is 9.49. The van der Waals surface area contributed by atoms with Crippen LogP contribution in [0.15, 0.2) is 35.7 Å². The number of carbonyl (C=O) groups excluding carboxylic acids is 1. The number of benzene rings is 1. The lowest BCUT2D eigenvalue weighted by molar-refractivity contribution is -0.116. The Balaban J connectivity index is 1.45. The summed E-state index contributed by atoms with van der Waals surface area (Å²) in [4.78, 5) is 13.4. The first-order valence-electron chi connectivity index (χ1n) is 8.61. The van der Waals surface area contributed by atoms with Crippen molar-refractivity contribution in [3.63, 3.8) is 0 Å².